The van der Waals surface area contributed by atoms with Gasteiger partial charge in [0.05, 0.1) is 40.9 Å². The zero-order chi connectivity index (χ0) is 17.7. The van der Waals surface area contributed by atoms with Gasteiger partial charge in [-0.05, 0) is 19.1 Å². The minimum atomic E-state index is -0.445. The van der Waals surface area contributed by atoms with E-state index >= 15 is 0 Å². The molecule has 0 saturated heterocycles. The van der Waals surface area contributed by atoms with Gasteiger partial charge >= 0.3 is 5.97 Å². The quantitative estimate of drug-likeness (QED) is 0.532. The number of hydrogen-bond donors (Lipinski definition) is 1. The van der Waals surface area contributed by atoms with Crippen molar-refractivity contribution in [1.82, 2.24) is 9.78 Å². The summed E-state index contributed by atoms with van der Waals surface area (Å²) in [5.74, 6) is 5.75. The van der Waals surface area contributed by atoms with Crippen LogP contribution >= 0.6 is 0 Å². The molecule has 0 amide bonds. The van der Waals surface area contributed by atoms with Crippen LogP contribution in [0, 0.1) is 29.1 Å². The van der Waals surface area contributed by atoms with E-state index in [0.29, 0.717) is 34.7 Å². The number of nitrogens with zero attached hydrogens (tertiary/aromatic N) is 3. The summed E-state index contributed by atoms with van der Waals surface area (Å²) in [6, 6.07) is 5.41. The van der Waals surface area contributed by atoms with Crippen molar-refractivity contribution >= 4 is 11.7 Å². The van der Waals surface area contributed by atoms with E-state index in [1.54, 1.807) is 25.3 Å². The predicted molar refractivity (Wildman–Crippen MR) is 90.4 cm³/mol. The Morgan fingerprint density at radius 1 is 1.42 bits per heavy atom. The Balaban J connectivity index is 2.48. The molecule has 1 aromatic carbocycles. The Morgan fingerprint density at radius 3 is 2.75 bits per heavy atom. The first kappa shape index (κ1) is 17.1. The van der Waals surface area contributed by atoms with E-state index in [1.807, 2.05) is 13.8 Å². The maximum absolute atomic E-state index is 11.7. The third kappa shape index (κ3) is 3.74. The van der Waals surface area contributed by atoms with Crippen LogP contribution in [0.4, 0.5) is 5.69 Å². The molecule has 0 aliphatic heterocycles. The van der Waals surface area contributed by atoms with Crippen LogP contribution in [0.3, 0.4) is 0 Å². The van der Waals surface area contributed by atoms with Gasteiger partial charge in [-0.3, -0.25) is 0 Å². The predicted octanol–water partition coefficient (Wildman–Crippen LogP) is 2.51. The summed E-state index contributed by atoms with van der Waals surface area (Å²) in [7, 11) is 0. The van der Waals surface area contributed by atoms with Gasteiger partial charge in [-0.1, -0.05) is 25.7 Å². The SMILES string of the molecule is CCOC(=O)c1cnn(-c2cc(C#N)c(N)c(C#CC(C)C)c2)c1. The van der Waals surface area contributed by atoms with E-state index in [-0.39, 0.29) is 5.92 Å². The van der Waals surface area contributed by atoms with Gasteiger partial charge in [-0.25, -0.2) is 9.48 Å². The summed E-state index contributed by atoms with van der Waals surface area (Å²) in [6.45, 7) is 5.97. The van der Waals surface area contributed by atoms with E-state index in [2.05, 4.69) is 23.0 Å². The number of nitriles is 1. The molecular weight excluding hydrogens is 304 g/mol. The van der Waals surface area contributed by atoms with E-state index in [0.717, 1.165) is 0 Å². The average molecular weight is 322 g/mol. The van der Waals surface area contributed by atoms with Crippen molar-refractivity contribution < 1.29 is 9.53 Å². The average Bonchev–Trinajstić information content (AvgIpc) is 3.04. The topological polar surface area (TPSA) is 93.9 Å². The number of nitrogen functional groups attached to an aromatic ring is 1. The molecule has 1 heterocycles. The summed E-state index contributed by atoms with van der Waals surface area (Å²) in [5.41, 5.74) is 8.14. The van der Waals surface area contributed by atoms with Crippen molar-refractivity contribution in [3.63, 3.8) is 0 Å². The molecule has 1 aromatic heterocycles. The first-order valence-electron chi connectivity index (χ1n) is 7.53. The molecule has 0 unspecified atom stereocenters. The molecule has 0 spiro atoms. The van der Waals surface area contributed by atoms with Crippen molar-refractivity contribution in [3.05, 3.63) is 41.2 Å². The van der Waals surface area contributed by atoms with Gasteiger partial charge in [-0.15, -0.1) is 0 Å². The van der Waals surface area contributed by atoms with E-state index in [9.17, 15) is 10.1 Å². The molecule has 0 radical (unpaired) electrons. The number of carbonyl (C=O) groups excluding carboxylic acids is 1. The number of anilines is 1. The van der Waals surface area contributed by atoms with E-state index in [1.165, 1.54) is 10.9 Å². The van der Waals surface area contributed by atoms with E-state index in [4.69, 9.17) is 10.5 Å². The molecule has 122 valence electrons. The number of rotatable bonds is 3. The summed E-state index contributed by atoms with van der Waals surface area (Å²) in [4.78, 5) is 11.7. The number of benzene rings is 1. The molecule has 6 nitrogen and oxygen atoms in total. The normalized spacial score (nSPS) is 9.96. The van der Waals surface area contributed by atoms with E-state index < -0.39 is 5.97 Å². The molecular formula is C18H18N4O2. The molecule has 2 N–H and O–H groups in total. The van der Waals surface area contributed by atoms with Crippen LogP contribution in [0.1, 0.15) is 42.3 Å². The second-order valence-electron chi connectivity index (χ2n) is 5.38. The highest BCUT2D eigenvalue weighted by Gasteiger charge is 2.13. The first-order valence-corrected chi connectivity index (χ1v) is 7.53. The lowest BCUT2D eigenvalue weighted by Gasteiger charge is -2.07. The van der Waals surface area contributed by atoms with Crippen LogP contribution in [0.25, 0.3) is 5.69 Å². The zero-order valence-corrected chi connectivity index (χ0v) is 13.8. The number of carbonyl (C=O) groups is 1. The zero-order valence-electron chi connectivity index (χ0n) is 13.8. The van der Waals surface area contributed by atoms with Crippen molar-refractivity contribution in [2.24, 2.45) is 5.92 Å². The van der Waals surface area contributed by atoms with Crippen LogP contribution in [0.15, 0.2) is 24.5 Å². The van der Waals surface area contributed by atoms with Crippen molar-refractivity contribution in [2.45, 2.75) is 20.8 Å². The van der Waals surface area contributed by atoms with Crippen LogP contribution in [-0.2, 0) is 4.74 Å². The molecule has 0 aliphatic carbocycles. The van der Waals surface area contributed by atoms with Gasteiger partial charge in [0.25, 0.3) is 0 Å². The highest BCUT2D eigenvalue weighted by molar-refractivity contribution is 5.88. The van der Waals surface area contributed by atoms with Crippen molar-refractivity contribution in [2.75, 3.05) is 12.3 Å². The lowest BCUT2D eigenvalue weighted by atomic mass is 10.1. The lowest BCUT2D eigenvalue weighted by Crippen LogP contribution is -2.04. The Labute approximate surface area is 140 Å². The molecule has 0 aliphatic rings. The first-order chi connectivity index (χ1) is 11.5. The maximum atomic E-state index is 11.7. The lowest BCUT2D eigenvalue weighted by molar-refractivity contribution is 0.0526. The third-order valence-electron chi connectivity index (χ3n) is 3.14. The highest BCUT2D eigenvalue weighted by atomic mass is 16.5. The Hall–Kier alpha value is -3.25. The van der Waals surface area contributed by atoms with Gasteiger partial charge in [0.1, 0.15) is 6.07 Å². The van der Waals surface area contributed by atoms with Crippen LogP contribution < -0.4 is 5.73 Å². The summed E-state index contributed by atoms with van der Waals surface area (Å²) < 4.78 is 6.44. The van der Waals surface area contributed by atoms with Crippen LogP contribution in [0.5, 0.6) is 0 Å². The molecule has 24 heavy (non-hydrogen) atoms. The summed E-state index contributed by atoms with van der Waals surface area (Å²) >= 11 is 0. The number of aromatic nitrogens is 2. The monoisotopic (exact) mass is 322 g/mol. The van der Waals surface area contributed by atoms with Crippen LogP contribution in [-0.4, -0.2) is 22.4 Å². The largest absolute Gasteiger partial charge is 0.462 e. The van der Waals surface area contributed by atoms with Gasteiger partial charge in [0.15, 0.2) is 0 Å². The van der Waals surface area contributed by atoms with Crippen molar-refractivity contribution in [3.8, 4) is 23.6 Å². The second-order valence-corrected chi connectivity index (χ2v) is 5.38. The minimum Gasteiger partial charge on any atom is -0.462 e. The Kier molecular flexibility index (Phi) is 5.23. The highest BCUT2D eigenvalue weighted by Crippen LogP contribution is 2.22. The summed E-state index contributed by atoms with van der Waals surface area (Å²) in [5, 5.41) is 13.4. The summed E-state index contributed by atoms with van der Waals surface area (Å²) in [6.07, 6.45) is 2.96. The Morgan fingerprint density at radius 2 is 2.12 bits per heavy atom. The van der Waals surface area contributed by atoms with Gasteiger partial charge < -0.3 is 10.5 Å². The van der Waals surface area contributed by atoms with Gasteiger partial charge in [0.2, 0.25) is 0 Å². The van der Waals surface area contributed by atoms with Crippen molar-refractivity contribution in [1.29, 1.82) is 5.26 Å². The molecule has 0 saturated carbocycles. The standard InChI is InChI=1S/C18H18N4O2/c1-4-24-18(23)15-10-21-22(11-15)16-7-13(6-5-12(2)3)17(20)14(8-16)9-19/h7-8,10-12H,4,20H2,1-3H3. The fourth-order valence-electron chi connectivity index (χ4n) is 1.97. The molecule has 2 aromatic rings. The molecule has 0 fully saturated rings. The fraction of sp³-hybridized carbons (Fsp3) is 0.278. The second kappa shape index (κ2) is 7.34. The number of esters is 1. The van der Waals surface area contributed by atoms with Crippen LogP contribution in [0.2, 0.25) is 0 Å². The minimum absolute atomic E-state index is 0.179. The fourth-order valence-corrected chi connectivity index (χ4v) is 1.97. The maximum Gasteiger partial charge on any atom is 0.341 e. The third-order valence-corrected chi connectivity index (χ3v) is 3.14. The van der Waals surface area contributed by atoms with Gasteiger partial charge in [0, 0.05) is 12.1 Å². The molecule has 6 heteroatoms. The molecule has 2 rings (SSSR count). The number of ether oxygens (including phenoxy) is 1. The van der Waals surface area contributed by atoms with Gasteiger partial charge in [-0.2, -0.15) is 10.4 Å². The smallest absolute Gasteiger partial charge is 0.341 e. The number of hydrogen-bond acceptors (Lipinski definition) is 5. The molecule has 0 bridgehead atoms. The Bertz CT molecular complexity index is 863. The molecule has 0 atom stereocenters. The number of nitrogens with two attached hydrogens (primary N) is 1.